The monoisotopic (exact) mass is 417 g/mol. The van der Waals surface area contributed by atoms with Crippen molar-refractivity contribution in [3.63, 3.8) is 0 Å². The average Bonchev–Trinajstić information content (AvgIpc) is 3.40. The number of aryl methyl sites for hydroxylation is 1. The fourth-order valence-corrected chi connectivity index (χ4v) is 4.08. The molecule has 6 heteroatoms. The number of likely N-dealkylation sites (tertiary alicyclic amines) is 1. The molecule has 31 heavy (non-hydrogen) atoms. The van der Waals surface area contributed by atoms with E-state index in [2.05, 4.69) is 12.0 Å². The maximum absolute atomic E-state index is 12.8. The van der Waals surface area contributed by atoms with Crippen LogP contribution in [0.3, 0.4) is 0 Å². The predicted molar refractivity (Wildman–Crippen MR) is 119 cm³/mol. The van der Waals surface area contributed by atoms with E-state index in [0.717, 1.165) is 41.9 Å². The Bertz CT molecular complexity index is 1100. The first kappa shape index (κ1) is 20.8. The smallest absolute Gasteiger partial charge is 0.358 e. The zero-order valence-electron chi connectivity index (χ0n) is 18.2. The first-order valence-corrected chi connectivity index (χ1v) is 10.7. The zero-order valence-corrected chi connectivity index (χ0v) is 18.2. The molecule has 0 spiro atoms. The van der Waals surface area contributed by atoms with E-state index in [0.29, 0.717) is 5.56 Å². The summed E-state index contributed by atoms with van der Waals surface area (Å²) in [6.45, 7) is 6.98. The predicted octanol–water partition coefficient (Wildman–Crippen LogP) is 4.65. The summed E-state index contributed by atoms with van der Waals surface area (Å²) in [6.07, 6.45) is 2.10. The lowest BCUT2D eigenvalue weighted by molar-refractivity contribution is 0.0518. The molecule has 0 saturated carbocycles. The minimum atomic E-state index is -0.453. The van der Waals surface area contributed by atoms with Gasteiger partial charge in [-0.3, -0.25) is 4.79 Å². The summed E-state index contributed by atoms with van der Waals surface area (Å²) in [4.78, 5) is 27.1. The zero-order chi connectivity index (χ0) is 22.0. The van der Waals surface area contributed by atoms with E-state index in [-0.39, 0.29) is 24.2 Å². The van der Waals surface area contributed by atoms with Gasteiger partial charge in [-0.25, -0.2) is 9.48 Å². The molecule has 0 bridgehead atoms. The van der Waals surface area contributed by atoms with E-state index in [1.165, 1.54) is 0 Å². The summed E-state index contributed by atoms with van der Waals surface area (Å²) in [5.74, 6) is -0.394. The van der Waals surface area contributed by atoms with Crippen molar-refractivity contribution in [1.82, 2.24) is 14.7 Å². The van der Waals surface area contributed by atoms with Crippen molar-refractivity contribution in [2.75, 3.05) is 13.2 Å². The van der Waals surface area contributed by atoms with Crippen LogP contribution in [0.15, 0.2) is 54.6 Å². The molecule has 1 amide bonds. The number of benzene rings is 2. The lowest BCUT2D eigenvalue weighted by Crippen LogP contribution is -2.33. The first-order chi connectivity index (χ1) is 15.0. The highest BCUT2D eigenvalue weighted by molar-refractivity contribution is 5.95. The van der Waals surface area contributed by atoms with Crippen molar-refractivity contribution in [3.8, 4) is 16.9 Å². The normalized spacial score (nSPS) is 15.8. The molecular weight excluding hydrogens is 390 g/mol. The Morgan fingerprint density at radius 3 is 2.52 bits per heavy atom. The van der Waals surface area contributed by atoms with Gasteiger partial charge in [-0.1, -0.05) is 24.3 Å². The Morgan fingerprint density at radius 2 is 1.87 bits per heavy atom. The number of carbonyl (C=O) groups is 2. The van der Waals surface area contributed by atoms with Gasteiger partial charge in [0, 0.05) is 23.7 Å². The quantitative estimate of drug-likeness (QED) is 0.567. The van der Waals surface area contributed by atoms with Gasteiger partial charge in [0.25, 0.3) is 5.91 Å². The molecule has 2 aromatic carbocycles. The van der Waals surface area contributed by atoms with Crippen LogP contribution in [0.25, 0.3) is 16.9 Å². The molecule has 0 radical (unpaired) electrons. The van der Waals surface area contributed by atoms with Gasteiger partial charge in [-0.05, 0) is 69.5 Å². The summed E-state index contributed by atoms with van der Waals surface area (Å²) in [5.41, 5.74) is 4.55. The Morgan fingerprint density at radius 1 is 1.13 bits per heavy atom. The molecule has 1 fully saturated rings. The molecule has 6 nitrogen and oxygen atoms in total. The van der Waals surface area contributed by atoms with Crippen LogP contribution in [-0.2, 0) is 4.74 Å². The van der Waals surface area contributed by atoms with Crippen LogP contribution in [0.1, 0.15) is 53.1 Å². The molecule has 0 N–H and O–H groups in total. The number of hydrogen-bond acceptors (Lipinski definition) is 4. The summed E-state index contributed by atoms with van der Waals surface area (Å²) < 4.78 is 6.89. The standard InChI is InChI=1S/C25H27N3O3/c1-4-31-25(30)22-16-23(21-10-6-5-8-17(21)2)28(26-22)20-13-11-19(12-14-20)24(29)27-15-7-9-18(27)3/h5-6,8,10-14,16,18H,4,7,9,15H2,1-3H3/t18-/m1/s1. The van der Waals surface area contributed by atoms with E-state index < -0.39 is 5.97 Å². The molecule has 2 heterocycles. The molecule has 1 aliphatic heterocycles. The van der Waals surface area contributed by atoms with E-state index in [4.69, 9.17) is 4.74 Å². The van der Waals surface area contributed by atoms with Crippen LogP contribution in [0.2, 0.25) is 0 Å². The maximum atomic E-state index is 12.8. The second-order valence-electron chi connectivity index (χ2n) is 7.90. The van der Waals surface area contributed by atoms with Crippen LogP contribution in [0.5, 0.6) is 0 Å². The highest BCUT2D eigenvalue weighted by atomic mass is 16.5. The number of hydrogen-bond donors (Lipinski definition) is 0. The average molecular weight is 418 g/mol. The summed E-state index contributed by atoms with van der Waals surface area (Å²) in [5, 5.41) is 4.53. The van der Waals surface area contributed by atoms with Gasteiger partial charge >= 0.3 is 5.97 Å². The van der Waals surface area contributed by atoms with Crippen LogP contribution in [0.4, 0.5) is 0 Å². The van der Waals surface area contributed by atoms with E-state index in [1.807, 2.05) is 60.4 Å². The Hall–Kier alpha value is -3.41. The van der Waals surface area contributed by atoms with Gasteiger partial charge in [-0.2, -0.15) is 5.10 Å². The SMILES string of the molecule is CCOC(=O)c1cc(-c2ccccc2C)n(-c2ccc(C(=O)N3CCC[C@H]3C)cc2)n1. The maximum Gasteiger partial charge on any atom is 0.358 e. The van der Waals surface area contributed by atoms with E-state index >= 15 is 0 Å². The van der Waals surface area contributed by atoms with Gasteiger partial charge < -0.3 is 9.64 Å². The summed E-state index contributed by atoms with van der Waals surface area (Å²) >= 11 is 0. The molecule has 0 aliphatic carbocycles. The fourth-order valence-electron chi connectivity index (χ4n) is 4.08. The molecule has 1 aliphatic rings. The molecule has 1 aromatic heterocycles. The number of amides is 1. The van der Waals surface area contributed by atoms with Gasteiger partial charge in [0.1, 0.15) is 0 Å². The number of aromatic nitrogens is 2. The van der Waals surface area contributed by atoms with Gasteiger partial charge in [0.15, 0.2) is 5.69 Å². The van der Waals surface area contributed by atoms with Crippen LogP contribution in [-0.4, -0.2) is 45.8 Å². The number of rotatable bonds is 5. The van der Waals surface area contributed by atoms with Crippen molar-refractivity contribution in [2.45, 2.75) is 39.7 Å². The van der Waals surface area contributed by atoms with E-state index in [9.17, 15) is 9.59 Å². The summed E-state index contributed by atoms with van der Waals surface area (Å²) in [7, 11) is 0. The number of carbonyl (C=O) groups excluding carboxylic acids is 2. The number of ether oxygens (including phenoxy) is 1. The second-order valence-corrected chi connectivity index (χ2v) is 7.90. The highest BCUT2D eigenvalue weighted by Crippen LogP contribution is 2.28. The molecule has 160 valence electrons. The third-order valence-corrected chi connectivity index (χ3v) is 5.79. The van der Waals surface area contributed by atoms with Crippen molar-refractivity contribution < 1.29 is 14.3 Å². The first-order valence-electron chi connectivity index (χ1n) is 10.7. The lowest BCUT2D eigenvalue weighted by Gasteiger charge is -2.21. The molecule has 1 atom stereocenters. The number of esters is 1. The Balaban J connectivity index is 1.72. The molecule has 0 unspecified atom stereocenters. The highest BCUT2D eigenvalue weighted by Gasteiger charge is 2.26. The van der Waals surface area contributed by atoms with Gasteiger partial charge in [0.2, 0.25) is 0 Å². The van der Waals surface area contributed by atoms with E-state index in [1.54, 1.807) is 17.7 Å². The molecular formula is C25H27N3O3. The molecule has 4 rings (SSSR count). The van der Waals surface area contributed by atoms with Gasteiger partial charge in [0.05, 0.1) is 18.0 Å². The van der Waals surface area contributed by atoms with Crippen molar-refractivity contribution >= 4 is 11.9 Å². The van der Waals surface area contributed by atoms with Gasteiger partial charge in [-0.15, -0.1) is 0 Å². The Kier molecular flexibility index (Phi) is 5.89. The van der Waals surface area contributed by atoms with Crippen molar-refractivity contribution in [2.24, 2.45) is 0 Å². The molecule has 1 saturated heterocycles. The second kappa shape index (κ2) is 8.76. The van der Waals surface area contributed by atoms with Crippen LogP contribution >= 0.6 is 0 Å². The minimum absolute atomic E-state index is 0.0587. The third kappa shape index (κ3) is 4.10. The number of nitrogens with zero attached hydrogens (tertiary/aromatic N) is 3. The minimum Gasteiger partial charge on any atom is -0.461 e. The summed E-state index contributed by atoms with van der Waals surface area (Å²) in [6, 6.07) is 17.4. The largest absolute Gasteiger partial charge is 0.461 e. The topological polar surface area (TPSA) is 64.4 Å². The van der Waals surface area contributed by atoms with Crippen LogP contribution < -0.4 is 0 Å². The molecule has 3 aromatic rings. The van der Waals surface area contributed by atoms with Crippen molar-refractivity contribution in [1.29, 1.82) is 0 Å². The van der Waals surface area contributed by atoms with Crippen LogP contribution in [0, 0.1) is 6.92 Å². The Labute approximate surface area is 182 Å². The van der Waals surface area contributed by atoms with Crippen molar-refractivity contribution in [3.05, 3.63) is 71.4 Å². The lowest BCUT2D eigenvalue weighted by atomic mass is 10.1. The third-order valence-electron chi connectivity index (χ3n) is 5.79. The fraction of sp³-hybridized carbons (Fsp3) is 0.320.